The standard InChI is InChI=1S/C18H17ClN4O2/c1-12(2)23(18(24)15-9-5-6-10-20-15)11-16-21-22-17(25-16)13-7-3-4-8-14(13)19/h3-10,12H,11H2,1-2H3. The number of carbonyl (C=O) groups is 1. The van der Waals surface area contributed by atoms with Crippen molar-refractivity contribution in [2.45, 2.75) is 26.4 Å². The number of halogens is 1. The molecule has 3 aromatic rings. The van der Waals surface area contributed by atoms with Crippen LogP contribution >= 0.6 is 11.6 Å². The molecule has 0 aliphatic rings. The zero-order valence-electron chi connectivity index (χ0n) is 13.9. The van der Waals surface area contributed by atoms with Gasteiger partial charge in [-0.2, -0.15) is 0 Å². The molecule has 3 rings (SSSR count). The molecule has 25 heavy (non-hydrogen) atoms. The Morgan fingerprint density at radius 2 is 1.92 bits per heavy atom. The Morgan fingerprint density at radius 1 is 1.16 bits per heavy atom. The molecule has 1 amide bonds. The fraction of sp³-hybridized carbons (Fsp3) is 0.222. The van der Waals surface area contributed by atoms with Gasteiger partial charge in [-0.3, -0.25) is 9.78 Å². The number of hydrogen-bond acceptors (Lipinski definition) is 5. The second-order valence-electron chi connectivity index (χ2n) is 5.72. The maximum absolute atomic E-state index is 12.7. The van der Waals surface area contributed by atoms with E-state index in [9.17, 15) is 4.79 Å². The molecule has 0 aliphatic heterocycles. The van der Waals surface area contributed by atoms with Gasteiger partial charge in [0.05, 0.1) is 17.1 Å². The first-order valence-electron chi connectivity index (χ1n) is 7.85. The van der Waals surface area contributed by atoms with Crippen LogP contribution in [-0.4, -0.2) is 32.0 Å². The van der Waals surface area contributed by atoms with Crippen molar-refractivity contribution in [3.05, 3.63) is 65.3 Å². The van der Waals surface area contributed by atoms with E-state index in [0.717, 1.165) is 0 Å². The summed E-state index contributed by atoms with van der Waals surface area (Å²) in [5, 5.41) is 8.61. The van der Waals surface area contributed by atoms with Crippen LogP contribution < -0.4 is 0 Å². The van der Waals surface area contributed by atoms with Gasteiger partial charge in [-0.05, 0) is 38.1 Å². The first kappa shape index (κ1) is 17.1. The molecule has 0 aliphatic carbocycles. The monoisotopic (exact) mass is 356 g/mol. The molecular weight excluding hydrogens is 340 g/mol. The fourth-order valence-electron chi connectivity index (χ4n) is 2.33. The van der Waals surface area contributed by atoms with Gasteiger partial charge in [0.15, 0.2) is 0 Å². The molecule has 0 bridgehead atoms. The number of rotatable bonds is 5. The molecule has 0 saturated heterocycles. The van der Waals surface area contributed by atoms with Crippen LogP contribution in [0.25, 0.3) is 11.5 Å². The minimum absolute atomic E-state index is 0.0508. The maximum Gasteiger partial charge on any atom is 0.273 e. The van der Waals surface area contributed by atoms with Crippen molar-refractivity contribution < 1.29 is 9.21 Å². The van der Waals surface area contributed by atoms with Crippen molar-refractivity contribution in [1.82, 2.24) is 20.1 Å². The molecule has 0 fully saturated rings. The smallest absolute Gasteiger partial charge is 0.273 e. The number of amides is 1. The molecular formula is C18H17ClN4O2. The third kappa shape index (κ3) is 3.85. The van der Waals surface area contributed by atoms with Crippen LogP contribution in [0.3, 0.4) is 0 Å². The predicted octanol–water partition coefficient (Wildman–Crippen LogP) is 3.84. The molecule has 0 saturated carbocycles. The zero-order valence-corrected chi connectivity index (χ0v) is 14.6. The van der Waals surface area contributed by atoms with Crippen molar-refractivity contribution in [2.75, 3.05) is 0 Å². The molecule has 2 aromatic heterocycles. The van der Waals surface area contributed by atoms with E-state index in [2.05, 4.69) is 15.2 Å². The summed E-state index contributed by atoms with van der Waals surface area (Å²) in [7, 11) is 0. The van der Waals surface area contributed by atoms with Crippen LogP contribution in [-0.2, 0) is 6.54 Å². The quantitative estimate of drug-likeness (QED) is 0.694. The van der Waals surface area contributed by atoms with E-state index in [0.29, 0.717) is 28.1 Å². The van der Waals surface area contributed by atoms with Gasteiger partial charge in [0, 0.05) is 12.2 Å². The lowest BCUT2D eigenvalue weighted by Gasteiger charge is -2.24. The molecule has 0 N–H and O–H groups in total. The third-order valence-corrected chi connectivity index (χ3v) is 3.97. The van der Waals surface area contributed by atoms with Crippen LogP contribution in [0.1, 0.15) is 30.2 Å². The highest BCUT2D eigenvalue weighted by molar-refractivity contribution is 6.33. The number of carbonyl (C=O) groups excluding carboxylic acids is 1. The molecule has 0 atom stereocenters. The highest BCUT2D eigenvalue weighted by Gasteiger charge is 2.23. The van der Waals surface area contributed by atoms with Gasteiger partial charge in [0.1, 0.15) is 5.69 Å². The second kappa shape index (κ2) is 7.44. The Kier molecular flexibility index (Phi) is 5.09. The van der Waals surface area contributed by atoms with Crippen LogP contribution in [0, 0.1) is 0 Å². The highest BCUT2D eigenvalue weighted by atomic mass is 35.5. The number of nitrogens with zero attached hydrogens (tertiary/aromatic N) is 4. The Hall–Kier alpha value is -2.73. The summed E-state index contributed by atoms with van der Waals surface area (Å²) < 4.78 is 5.70. The summed E-state index contributed by atoms with van der Waals surface area (Å²) in [6.45, 7) is 4.04. The van der Waals surface area contributed by atoms with Crippen LogP contribution in [0.5, 0.6) is 0 Å². The number of benzene rings is 1. The lowest BCUT2D eigenvalue weighted by molar-refractivity contribution is 0.0666. The summed E-state index contributed by atoms with van der Waals surface area (Å²) in [6, 6.07) is 12.4. The molecule has 128 valence electrons. The van der Waals surface area contributed by atoms with E-state index in [1.54, 1.807) is 41.4 Å². The van der Waals surface area contributed by atoms with Gasteiger partial charge in [-0.15, -0.1) is 10.2 Å². The first-order valence-corrected chi connectivity index (χ1v) is 8.23. The van der Waals surface area contributed by atoms with E-state index < -0.39 is 0 Å². The summed E-state index contributed by atoms with van der Waals surface area (Å²) in [4.78, 5) is 18.4. The summed E-state index contributed by atoms with van der Waals surface area (Å²) in [5.74, 6) is 0.482. The predicted molar refractivity (Wildman–Crippen MR) is 94.0 cm³/mol. The van der Waals surface area contributed by atoms with Crippen molar-refractivity contribution in [3.63, 3.8) is 0 Å². The summed E-state index contributed by atoms with van der Waals surface area (Å²) in [6.07, 6.45) is 1.59. The van der Waals surface area contributed by atoms with E-state index in [-0.39, 0.29) is 18.5 Å². The van der Waals surface area contributed by atoms with E-state index in [1.807, 2.05) is 26.0 Å². The van der Waals surface area contributed by atoms with Crippen molar-refractivity contribution in [3.8, 4) is 11.5 Å². The minimum Gasteiger partial charge on any atom is -0.419 e. The molecule has 1 aromatic carbocycles. The Labute approximate surface area is 150 Å². The molecule has 6 nitrogen and oxygen atoms in total. The molecule has 7 heteroatoms. The van der Waals surface area contributed by atoms with Gasteiger partial charge in [-0.1, -0.05) is 29.8 Å². The normalized spacial score (nSPS) is 10.9. The van der Waals surface area contributed by atoms with Gasteiger partial charge in [0.2, 0.25) is 11.8 Å². The second-order valence-corrected chi connectivity index (χ2v) is 6.13. The summed E-state index contributed by atoms with van der Waals surface area (Å²) >= 11 is 6.15. The number of pyridine rings is 1. The number of aromatic nitrogens is 3. The average Bonchev–Trinajstić information content (AvgIpc) is 3.08. The fourth-order valence-corrected chi connectivity index (χ4v) is 2.55. The van der Waals surface area contributed by atoms with E-state index in [1.165, 1.54) is 0 Å². The van der Waals surface area contributed by atoms with Gasteiger partial charge in [-0.25, -0.2) is 0 Å². The Morgan fingerprint density at radius 3 is 2.60 bits per heavy atom. The van der Waals surface area contributed by atoms with Gasteiger partial charge >= 0.3 is 0 Å². The zero-order chi connectivity index (χ0) is 17.8. The Bertz CT molecular complexity index is 864. The van der Waals surface area contributed by atoms with Gasteiger partial charge in [0.25, 0.3) is 5.91 Å². The summed E-state index contributed by atoms with van der Waals surface area (Å²) in [5.41, 5.74) is 1.04. The molecule has 2 heterocycles. The van der Waals surface area contributed by atoms with Gasteiger partial charge < -0.3 is 9.32 Å². The van der Waals surface area contributed by atoms with E-state index in [4.69, 9.17) is 16.0 Å². The van der Waals surface area contributed by atoms with Crippen molar-refractivity contribution >= 4 is 17.5 Å². The van der Waals surface area contributed by atoms with E-state index >= 15 is 0 Å². The third-order valence-electron chi connectivity index (χ3n) is 3.64. The molecule has 0 spiro atoms. The first-order chi connectivity index (χ1) is 12.1. The van der Waals surface area contributed by atoms with Crippen LogP contribution in [0.4, 0.5) is 0 Å². The SMILES string of the molecule is CC(C)N(Cc1nnc(-c2ccccc2Cl)o1)C(=O)c1ccccn1. The lowest BCUT2D eigenvalue weighted by atomic mass is 10.2. The lowest BCUT2D eigenvalue weighted by Crippen LogP contribution is -2.36. The Balaban J connectivity index is 1.82. The van der Waals surface area contributed by atoms with Crippen molar-refractivity contribution in [2.24, 2.45) is 0 Å². The topological polar surface area (TPSA) is 72.1 Å². The largest absolute Gasteiger partial charge is 0.419 e. The maximum atomic E-state index is 12.7. The highest BCUT2D eigenvalue weighted by Crippen LogP contribution is 2.26. The van der Waals surface area contributed by atoms with Crippen LogP contribution in [0.15, 0.2) is 53.1 Å². The van der Waals surface area contributed by atoms with Crippen molar-refractivity contribution in [1.29, 1.82) is 0 Å². The molecule has 0 radical (unpaired) electrons. The average molecular weight is 357 g/mol. The number of hydrogen-bond donors (Lipinski definition) is 0. The minimum atomic E-state index is -0.187. The molecule has 0 unspecified atom stereocenters. The van der Waals surface area contributed by atoms with Crippen LogP contribution in [0.2, 0.25) is 5.02 Å².